The Balaban J connectivity index is 1.80. The Labute approximate surface area is 139 Å². The molecule has 124 valence electrons. The van der Waals surface area contributed by atoms with Crippen molar-refractivity contribution in [2.24, 2.45) is 0 Å². The van der Waals surface area contributed by atoms with Crippen molar-refractivity contribution < 1.29 is 4.79 Å². The normalized spacial score (nSPS) is 13.6. The lowest BCUT2D eigenvalue weighted by Crippen LogP contribution is -2.37. The van der Waals surface area contributed by atoms with Crippen molar-refractivity contribution in [3.63, 3.8) is 0 Å². The van der Waals surface area contributed by atoms with Gasteiger partial charge in [-0.05, 0) is 38.5 Å². The lowest BCUT2D eigenvalue weighted by molar-refractivity contribution is -0.124. The molecule has 0 radical (unpaired) electrons. The number of amides is 1. The van der Waals surface area contributed by atoms with Gasteiger partial charge in [-0.15, -0.1) is 5.10 Å². The van der Waals surface area contributed by atoms with E-state index in [1.807, 2.05) is 38.1 Å². The van der Waals surface area contributed by atoms with Crippen LogP contribution in [0.2, 0.25) is 0 Å². The highest BCUT2D eigenvalue weighted by Gasteiger charge is 2.21. The molecule has 6 heteroatoms. The van der Waals surface area contributed by atoms with Crippen LogP contribution in [0.15, 0.2) is 53.5 Å². The van der Waals surface area contributed by atoms with Crippen LogP contribution in [0.3, 0.4) is 0 Å². The zero-order valence-corrected chi connectivity index (χ0v) is 13.9. The van der Waals surface area contributed by atoms with Crippen molar-refractivity contribution in [3.8, 4) is 0 Å². The fourth-order valence-electron chi connectivity index (χ4n) is 2.58. The zero-order valence-electron chi connectivity index (χ0n) is 13.9. The Hall–Kier alpha value is -2.89. The molecule has 2 aromatic heterocycles. The molecule has 3 aromatic rings. The Morgan fingerprint density at radius 1 is 1.12 bits per heavy atom. The molecular weight excluding hydrogens is 304 g/mol. The van der Waals surface area contributed by atoms with Gasteiger partial charge in [0.1, 0.15) is 6.04 Å². The summed E-state index contributed by atoms with van der Waals surface area (Å²) in [6, 6.07) is 12.4. The third-order valence-corrected chi connectivity index (χ3v) is 4.13. The number of carbonyl (C=O) groups excluding carboxylic acids is 1. The Morgan fingerprint density at radius 2 is 1.83 bits per heavy atom. The molecule has 0 aliphatic carbocycles. The number of nitrogens with zero attached hydrogens (tertiary/aromatic N) is 3. The number of carbonyl (C=O) groups is 1. The van der Waals surface area contributed by atoms with E-state index in [0.717, 1.165) is 5.56 Å². The molecule has 0 aliphatic rings. The maximum atomic E-state index is 12.5. The smallest absolute Gasteiger partial charge is 0.348 e. The molecule has 1 aromatic carbocycles. The van der Waals surface area contributed by atoms with E-state index >= 15 is 0 Å². The van der Waals surface area contributed by atoms with Crippen LogP contribution in [0, 0.1) is 6.92 Å². The van der Waals surface area contributed by atoms with Crippen molar-refractivity contribution in [2.45, 2.75) is 32.9 Å². The minimum absolute atomic E-state index is 0.145. The molecule has 0 spiro atoms. The number of benzene rings is 1. The quantitative estimate of drug-likeness (QED) is 0.800. The molecule has 0 aliphatic heterocycles. The fourth-order valence-corrected chi connectivity index (χ4v) is 2.58. The Kier molecular flexibility index (Phi) is 4.20. The van der Waals surface area contributed by atoms with Crippen LogP contribution >= 0.6 is 0 Å². The number of rotatable bonds is 4. The van der Waals surface area contributed by atoms with Gasteiger partial charge < -0.3 is 5.32 Å². The van der Waals surface area contributed by atoms with E-state index < -0.39 is 6.04 Å². The number of nitrogens with one attached hydrogen (secondary N) is 1. The van der Waals surface area contributed by atoms with Crippen LogP contribution in [0.4, 0.5) is 0 Å². The summed E-state index contributed by atoms with van der Waals surface area (Å²) >= 11 is 0. The summed E-state index contributed by atoms with van der Waals surface area (Å²) < 4.78 is 2.64. The first-order valence-electron chi connectivity index (χ1n) is 7.90. The van der Waals surface area contributed by atoms with Gasteiger partial charge in [0, 0.05) is 6.20 Å². The fraction of sp³-hybridized carbons (Fsp3) is 0.278. The second-order valence-electron chi connectivity index (χ2n) is 5.97. The van der Waals surface area contributed by atoms with E-state index in [4.69, 9.17) is 0 Å². The number of pyridine rings is 1. The predicted octanol–water partition coefficient (Wildman–Crippen LogP) is 2.24. The van der Waals surface area contributed by atoms with E-state index in [1.165, 1.54) is 14.6 Å². The van der Waals surface area contributed by atoms with E-state index in [-0.39, 0.29) is 17.6 Å². The molecule has 2 heterocycles. The summed E-state index contributed by atoms with van der Waals surface area (Å²) in [4.78, 5) is 24.9. The average Bonchev–Trinajstić information content (AvgIpc) is 2.92. The first kappa shape index (κ1) is 16.0. The number of fused-ring (bicyclic) bond motifs is 1. The van der Waals surface area contributed by atoms with E-state index in [2.05, 4.69) is 10.4 Å². The van der Waals surface area contributed by atoms with Gasteiger partial charge in [0.15, 0.2) is 5.65 Å². The summed E-state index contributed by atoms with van der Waals surface area (Å²) in [5.74, 6) is -0.242. The molecule has 0 saturated heterocycles. The van der Waals surface area contributed by atoms with Gasteiger partial charge in [-0.3, -0.25) is 9.20 Å². The third-order valence-electron chi connectivity index (χ3n) is 4.13. The van der Waals surface area contributed by atoms with Gasteiger partial charge in [-0.25, -0.2) is 9.48 Å². The molecule has 6 nitrogen and oxygen atoms in total. The molecule has 1 N–H and O–H groups in total. The Morgan fingerprint density at radius 3 is 2.50 bits per heavy atom. The highest BCUT2D eigenvalue weighted by Crippen LogP contribution is 2.14. The minimum atomic E-state index is -0.690. The summed E-state index contributed by atoms with van der Waals surface area (Å²) in [7, 11) is 0. The summed E-state index contributed by atoms with van der Waals surface area (Å²) in [5.41, 5.74) is 2.38. The van der Waals surface area contributed by atoms with Crippen molar-refractivity contribution >= 4 is 11.6 Å². The van der Waals surface area contributed by atoms with Gasteiger partial charge in [-0.2, -0.15) is 0 Å². The van der Waals surface area contributed by atoms with Crippen molar-refractivity contribution in [3.05, 3.63) is 70.3 Å². The lowest BCUT2D eigenvalue weighted by Gasteiger charge is -2.17. The standard InChI is InChI=1S/C18H20N4O2/c1-12-7-9-15(10-8-12)13(2)19-17(23)14(3)22-18(24)21-11-5-4-6-16(21)20-22/h4-11,13-14H,1-3H3,(H,19,23)/t13-,14?/m0/s1. The van der Waals surface area contributed by atoms with Crippen molar-refractivity contribution in [1.82, 2.24) is 19.5 Å². The van der Waals surface area contributed by atoms with E-state index in [9.17, 15) is 9.59 Å². The molecule has 2 atom stereocenters. The van der Waals surface area contributed by atoms with Gasteiger partial charge in [-0.1, -0.05) is 35.9 Å². The van der Waals surface area contributed by atoms with Crippen LogP contribution in [0.5, 0.6) is 0 Å². The zero-order chi connectivity index (χ0) is 17.3. The van der Waals surface area contributed by atoms with Gasteiger partial charge in [0.25, 0.3) is 0 Å². The molecule has 1 unspecified atom stereocenters. The third kappa shape index (κ3) is 2.95. The van der Waals surface area contributed by atoms with Gasteiger partial charge in [0.05, 0.1) is 6.04 Å². The molecule has 0 saturated carbocycles. The molecule has 3 rings (SSSR count). The van der Waals surface area contributed by atoms with Crippen LogP contribution in [-0.2, 0) is 4.79 Å². The second kappa shape index (κ2) is 6.31. The highest BCUT2D eigenvalue weighted by molar-refractivity contribution is 5.80. The number of hydrogen-bond acceptors (Lipinski definition) is 3. The van der Waals surface area contributed by atoms with Gasteiger partial charge in [0.2, 0.25) is 5.91 Å². The van der Waals surface area contributed by atoms with E-state index in [0.29, 0.717) is 5.65 Å². The summed E-state index contributed by atoms with van der Waals surface area (Å²) in [6.45, 7) is 5.61. The van der Waals surface area contributed by atoms with Crippen molar-refractivity contribution in [1.29, 1.82) is 0 Å². The molecule has 24 heavy (non-hydrogen) atoms. The topological polar surface area (TPSA) is 68.4 Å². The molecular formula is C18H20N4O2. The molecule has 1 amide bonds. The molecule has 0 bridgehead atoms. The van der Waals surface area contributed by atoms with E-state index in [1.54, 1.807) is 31.3 Å². The summed E-state index contributed by atoms with van der Waals surface area (Å²) in [6.07, 6.45) is 1.64. The highest BCUT2D eigenvalue weighted by atomic mass is 16.2. The van der Waals surface area contributed by atoms with Crippen LogP contribution in [0.1, 0.15) is 37.1 Å². The minimum Gasteiger partial charge on any atom is -0.348 e. The van der Waals surface area contributed by atoms with Crippen LogP contribution < -0.4 is 11.0 Å². The SMILES string of the molecule is Cc1ccc([C@H](C)NC(=O)C(C)n2nc3ccccn3c2=O)cc1. The maximum Gasteiger partial charge on any atom is 0.351 e. The van der Waals surface area contributed by atoms with Gasteiger partial charge >= 0.3 is 5.69 Å². The second-order valence-corrected chi connectivity index (χ2v) is 5.97. The average molecular weight is 324 g/mol. The largest absolute Gasteiger partial charge is 0.351 e. The summed E-state index contributed by atoms with van der Waals surface area (Å²) in [5, 5.41) is 7.17. The predicted molar refractivity (Wildman–Crippen MR) is 91.9 cm³/mol. The number of hydrogen-bond donors (Lipinski definition) is 1. The molecule has 0 fully saturated rings. The maximum absolute atomic E-state index is 12.5. The van der Waals surface area contributed by atoms with Crippen molar-refractivity contribution in [2.75, 3.05) is 0 Å². The first-order valence-corrected chi connectivity index (χ1v) is 7.90. The number of aromatic nitrogens is 3. The number of aryl methyl sites for hydroxylation is 1. The first-order chi connectivity index (χ1) is 11.5. The van der Waals surface area contributed by atoms with Crippen LogP contribution in [-0.4, -0.2) is 20.1 Å². The monoisotopic (exact) mass is 324 g/mol. The Bertz CT molecular complexity index is 924. The van der Waals surface area contributed by atoms with Crippen LogP contribution in [0.25, 0.3) is 5.65 Å². The lowest BCUT2D eigenvalue weighted by atomic mass is 10.1.